The van der Waals surface area contributed by atoms with Crippen molar-refractivity contribution in [3.05, 3.63) is 53.1 Å². The molecular formula is C16H15ClN2S2. The molecule has 1 unspecified atom stereocenters. The van der Waals surface area contributed by atoms with Crippen LogP contribution >= 0.6 is 34.7 Å². The molecule has 0 saturated heterocycles. The SMILES string of the molecule is CC(N)Cc1c(Cl)cccc1Sc1nc2ccccc2s1. The number of aromatic nitrogens is 1. The molecule has 2 aromatic carbocycles. The molecule has 0 radical (unpaired) electrons. The molecule has 3 aromatic rings. The van der Waals surface area contributed by atoms with E-state index in [2.05, 4.69) is 17.1 Å². The summed E-state index contributed by atoms with van der Waals surface area (Å²) in [5, 5.41) is 0.776. The fourth-order valence-electron chi connectivity index (χ4n) is 2.14. The third kappa shape index (κ3) is 3.40. The Balaban J connectivity index is 1.95. The molecule has 0 amide bonds. The molecular weight excluding hydrogens is 320 g/mol. The molecule has 2 N–H and O–H groups in total. The zero-order valence-corrected chi connectivity index (χ0v) is 13.9. The van der Waals surface area contributed by atoms with Gasteiger partial charge in [0.1, 0.15) is 0 Å². The lowest BCUT2D eigenvalue weighted by atomic mass is 10.1. The van der Waals surface area contributed by atoms with Crippen LogP contribution in [0.4, 0.5) is 0 Å². The molecule has 1 aromatic heterocycles. The number of nitrogens with two attached hydrogens (primary N) is 1. The van der Waals surface area contributed by atoms with E-state index in [0.29, 0.717) is 0 Å². The van der Waals surface area contributed by atoms with Crippen molar-refractivity contribution in [3.8, 4) is 0 Å². The summed E-state index contributed by atoms with van der Waals surface area (Å²) in [5.74, 6) is 0. The van der Waals surface area contributed by atoms with Gasteiger partial charge in [0.05, 0.1) is 10.2 Å². The van der Waals surface area contributed by atoms with Gasteiger partial charge in [0, 0.05) is 16.0 Å². The first-order valence-electron chi connectivity index (χ1n) is 6.70. The molecule has 21 heavy (non-hydrogen) atoms. The number of hydrogen-bond acceptors (Lipinski definition) is 4. The molecule has 1 heterocycles. The van der Waals surface area contributed by atoms with Crippen LogP contribution in [-0.4, -0.2) is 11.0 Å². The van der Waals surface area contributed by atoms with E-state index in [1.54, 1.807) is 23.1 Å². The number of benzene rings is 2. The van der Waals surface area contributed by atoms with Crippen LogP contribution in [0.3, 0.4) is 0 Å². The number of para-hydroxylation sites is 1. The van der Waals surface area contributed by atoms with E-state index in [-0.39, 0.29) is 6.04 Å². The van der Waals surface area contributed by atoms with Crippen LogP contribution in [0.25, 0.3) is 10.2 Å². The fraction of sp³-hybridized carbons (Fsp3) is 0.188. The van der Waals surface area contributed by atoms with Crippen molar-refractivity contribution < 1.29 is 0 Å². The van der Waals surface area contributed by atoms with E-state index in [0.717, 1.165) is 31.8 Å². The highest BCUT2D eigenvalue weighted by Gasteiger charge is 2.12. The molecule has 0 bridgehead atoms. The van der Waals surface area contributed by atoms with Gasteiger partial charge in [0.15, 0.2) is 4.34 Å². The highest BCUT2D eigenvalue weighted by molar-refractivity contribution is 8.01. The summed E-state index contributed by atoms with van der Waals surface area (Å²) in [6.07, 6.45) is 0.771. The van der Waals surface area contributed by atoms with Gasteiger partial charge in [-0.1, -0.05) is 41.6 Å². The van der Waals surface area contributed by atoms with Crippen molar-refractivity contribution in [1.82, 2.24) is 4.98 Å². The Morgan fingerprint density at radius 3 is 2.81 bits per heavy atom. The quantitative estimate of drug-likeness (QED) is 0.730. The Hall–Kier alpha value is -1.07. The zero-order chi connectivity index (χ0) is 14.8. The lowest BCUT2D eigenvalue weighted by molar-refractivity contribution is 0.729. The molecule has 0 aliphatic carbocycles. The summed E-state index contributed by atoms with van der Waals surface area (Å²) >= 11 is 9.70. The normalized spacial score (nSPS) is 12.7. The standard InChI is InChI=1S/C16H15ClN2S2/c1-10(18)9-11-12(17)5-4-8-14(11)20-16-19-13-6-2-3-7-15(13)21-16/h2-8,10H,9,18H2,1H3. The van der Waals surface area contributed by atoms with Gasteiger partial charge in [-0.3, -0.25) is 0 Å². The molecule has 1 atom stereocenters. The summed E-state index contributed by atoms with van der Waals surface area (Å²) in [6, 6.07) is 14.2. The summed E-state index contributed by atoms with van der Waals surface area (Å²) in [4.78, 5) is 5.80. The first kappa shape index (κ1) is 14.9. The molecule has 0 spiro atoms. The van der Waals surface area contributed by atoms with E-state index in [9.17, 15) is 0 Å². The maximum atomic E-state index is 6.33. The van der Waals surface area contributed by atoms with E-state index in [1.165, 1.54) is 4.70 Å². The number of thiazole rings is 1. The summed E-state index contributed by atoms with van der Waals surface area (Å²) in [7, 11) is 0. The first-order chi connectivity index (χ1) is 10.1. The average molecular weight is 335 g/mol. The largest absolute Gasteiger partial charge is 0.328 e. The van der Waals surface area contributed by atoms with Crippen molar-refractivity contribution in [3.63, 3.8) is 0 Å². The minimum absolute atomic E-state index is 0.0830. The average Bonchev–Trinajstić information content (AvgIpc) is 2.84. The van der Waals surface area contributed by atoms with Crippen LogP contribution < -0.4 is 5.73 Å². The van der Waals surface area contributed by atoms with Crippen LogP contribution in [0.2, 0.25) is 5.02 Å². The van der Waals surface area contributed by atoms with Crippen molar-refractivity contribution in [2.45, 2.75) is 28.6 Å². The predicted molar refractivity (Wildman–Crippen MR) is 92.5 cm³/mol. The second kappa shape index (κ2) is 6.36. The highest BCUT2D eigenvalue weighted by Crippen LogP contribution is 2.38. The second-order valence-electron chi connectivity index (χ2n) is 4.95. The topological polar surface area (TPSA) is 38.9 Å². The Bertz CT molecular complexity index is 735. The van der Waals surface area contributed by atoms with Gasteiger partial charge < -0.3 is 5.73 Å². The highest BCUT2D eigenvalue weighted by atomic mass is 35.5. The minimum Gasteiger partial charge on any atom is -0.328 e. The zero-order valence-electron chi connectivity index (χ0n) is 11.5. The van der Waals surface area contributed by atoms with Crippen molar-refractivity contribution in [2.75, 3.05) is 0 Å². The smallest absolute Gasteiger partial charge is 0.155 e. The summed E-state index contributed by atoms with van der Waals surface area (Å²) in [5.41, 5.74) is 8.09. The van der Waals surface area contributed by atoms with Gasteiger partial charge in [-0.25, -0.2) is 4.98 Å². The van der Waals surface area contributed by atoms with E-state index < -0.39 is 0 Å². The number of rotatable bonds is 4. The number of halogens is 1. The van der Waals surface area contributed by atoms with E-state index in [1.807, 2.05) is 37.3 Å². The van der Waals surface area contributed by atoms with E-state index in [4.69, 9.17) is 17.3 Å². The van der Waals surface area contributed by atoms with Gasteiger partial charge >= 0.3 is 0 Å². The third-order valence-electron chi connectivity index (χ3n) is 3.07. The monoisotopic (exact) mass is 334 g/mol. The predicted octanol–water partition coefficient (Wildman–Crippen LogP) is 4.99. The molecule has 2 nitrogen and oxygen atoms in total. The van der Waals surface area contributed by atoms with Crippen LogP contribution in [0.5, 0.6) is 0 Å². The Labute approximate surface area is 137 Å². The van der Waals surface area contributed by atoms with Crippen molar-refractivity contribution >= 4 is 44.9 Å². The molecule has 108 valence electrons. The number of nitrogens with zero attached hydrogens (tertiary/aromatic N) is 1. The second-order valence-corrected chi connectivity index (χ2v) is 7.67. The number of fused-ring (bicyclic) bond motifs is 1. The van der Waals surface area contributed by atoms with Crippen molar-refractivity contribution in [1.29, 1.82) is 0 Å². The van der Waals surface area contributed by atoms with Crippen LogP contribution in [-0.2, 0) is 6.42 Å². The van der Waals surface area contributed by atoms with Crippen LogP contribution in [0.15, 0.2) is 51.7 Å². The molecule has 5 heteroatoms. The lowest BCUT2D eigenvalue weighted by Crippen LogP contribution is -2.18. The lowest BCUT2D eigenvalue weighted by Gasteiger charge is -2.12. The first-order valence-corrected chi connectivity index (χ1v) is 8.71. The van der Waals surface area contributed by atoms with Gasteiger partial charge in [-0.2, -0.15) is 0 Å². The third-order valence-corrected chi connectivity index (χ3v) is 5.63. The Morgan fingerprint density at radius 1 is 1.24 bits per heavy atom. The maximum absolute atomic E-state index is 6.33. The van der Waals surface area contributed by atoms with Gasteiger partial charge in [-0.05, 0) is 43.2 Å². The van der Waals surface area contributed by atoms with Gasteiger partial charge in [-0.15, -0.1) is 11.3 Å². The van der Waals surface area contributed by atoms with Crippen LogP contribution in [0.1, 0.15) is 12.5 Å². The molecule has 3 rings (SSSR count). The van der Waals surface area contributed by atoms with Crippen molar-refractivity contribution in [2.24, 2.45) is 5.73 Å². The Morgan fingerprint density at radius 2 is 2.05 bits per heavy atom. The van der Waals surface area contributed by atoms with Crippen LogP contribution in [0, 0.1) is 0 Å². The maximum Gasteiger partial charge on any atom is 0.155 e. The fourth-order valence-corrected chi connectivity index (χ4v) is 4.65. The molecule has 0 saturated carbocycles. The summed E-state index contributed by atoms with van der Waals surface area (Å²) < 4.78 is 2.24. The Kier molecular flexibility index (Phi) is 4.50. The molecule has 0 aliphatic rings. The molecule has 0 fully saturated rings. The minimum atomic E-state index is 0.0830. The van der Waals surface area contributed by atoms with Gasteiger partial charge in [0.25, 0.3) is 0 Å². The summed E-state index contributed by atoms with van der Waals surface area (Å²) in [6.45, 7) is 2.00. The van der Waals surface area contributed by atoms with Gasteiger partial charge in [0.2, 0.25) is 0 Å². The molecule has 0 aliphatic heterocycles. The number of hydrogen-bond donors (Lipinski definition) is 1. The van der Waals surface area contributed by atoms with E-state index >= 15 is 0 Å².